The number of anilines is 1. The molecular formula is C35H53NO4. The van der Waals surface area contributed by atoms with Gasteiger partial charge in [0, 0.05) is 11.6 Å². The maximum atomic E-state index is 13.4. The van der Waals surface area contributed by atoms with Crippen molar-refractivity contribution in [3.63, 3.8) is 0 Å². The predicted octanol–water partition coefficient (Wildman–Crippen LogP) is 8.07. The zero-order valence-electron chi connectivity index (χ0n) is 25.6. The lowest BCUT2D eigenvalue weighted by atomic mass is 9.43. The van der Waals surface area contributed by atoms with Gasteiger partial charge in [0.2, 0.25) is 0 Å². The topological polar surface area (TPSA) is 78.6 Å². The summed E-state index contributed by atoms with van der Waals surface area (Å²) in [6.07, 6.45) is 12.7. The zero-order chi connectivity index (χ0) is 28.7. The van der Waals surface area contributed by atoms with Crippen molar-refractivity contribution in [3.8, 4) is 0 Å². The van der Waals surface area contributed by atoms with Gasteiger partial charge in [-0.15, -0.1) is 0 Å². The van der Waals surface area contributed by atoms with Crippen molar-refractivity contribution in [2.24, 2.45) is 52.3 Å². The van der Waals surface area contributed by atoms with Crippen LogP contribution in [0.2, 0.25) is 0 Å². The first kappa shape index (κ1) is 29.5. The van der Waals surface area contributed by atoms with E-state index in [1.165, 1.54) is 44.9 Å². The molecule has 0 aromatic heterocycles. The van der Waals surface area contributed by atoms with E-state index in [4.69, 9.17) is 15.2 Å². The maximum Gasteiger partial charge on any atom is 0.338 e. The van der Waals surface area contributed by atoms with E-state index >= 15 is 0 Å². The van der Waals surface area contributed by atoms with Gasteiger partial charge in [-0.05, 0) is 122 Å². The molecular weight excluding hydrogens is 498 g/mol. The van der Waals surface area contributed by atoms with Gasteiger partial charge in [0.15, 0.2) is 0 Å². The van der Waals surface area contributed by atoms with Gasteiger partial charge in [-0.25, -0.2) is 4.79 Å². The van der Waals surface area contributed by atoms with Crippen LogP contribution in [0.25, 0.3) is 0 Å². The van der Waals surface area contributed by atoms with E-state index < -0.39 is 0 Å². The summed E-state index contributed by atoms with van der Waals surface area (Å²) < 4.78 is 11.9. The Morgan fingerprint density at radius 2 is 1.65 bits per heavy atom. The molecule has 0 amide bonds. The largest absolute Gasteiger partial charge is 0.465 e. The molecule has 5 rings (SSSR count). The fraction of sp³-hybridized carbons (Fsp3) is 0.771. The first-order valence-corrected chi connectivity index (χ1v) is 16.2. The molecule has 4 saturated carbocycles. The highest BCUT2D eigenvalue weighted by atomic mass is 16.5. The number of esters is 1. The second kappa shape index (κ2) is 11.7. The molecule has 4 aliphatic rings. The van der Waals surface area contributed by atoms with Gasteiger partial charge in [0.25, 0.3) is 6.47 Å². The SMILES string of the molecule is CC(C)CCCC(C)C1CCC2C3CC(OC(=O)c4ccc(N)cc4)C4CC(OC=O)CCC4(C)C3CCC12C. The molecule has 10 atom stereocenters. The molecule has 2 N–H and O–H groups in total. The molecule has 0 radical (unpaired) electrons. The Balaban J connectivity index is 1.39. The molecule has 1 aromatic carbocycles. The lowest BCUT2D eigenvalue weighted by Crippen LogP contribution is -2.59. The van der Waals surface area contributed by atoms with Crippen molar-refractivity contribution in [1.29, 1.82) is 0 Å². The number of nitrogen functional groups attached to an aromatic ring is 1. The molecule has 4 fully saturated rings. The van der Waals surface area contributed by atoms with Crippen molar-refractivity contribution >= 4 is 18.1 Å². The van der Waals surface area contributed by atoms with Gasteiger partial charge in [-0.1, -0.05) is 53.9 Å². The molecule has 5 heteroatoms. The standard InChI is InChI=1S/C35H53NO4/c1-22(2)7-6-8-23(3)28-13-14-29-27-20-32(40-33(38)24-9-11-25(36)12-10-24)31-19-26(39-21-37)15-17-35(31,5)30(27)16-18-34(28,29)4/h9-12,21-23,26-32H,6-8,13-20,36H2,1-5H3. The molecule has 4 aliphatic carbocycles. The van der Waals surface area contributed by atoms with Gasteiger partial charge in [0.1, 0.15) is 12.2 Å². The monoisotopic (exact) mass is 551 g/mol. The molecule has 0 saturated heterocycles. The van der Waals surface area contributed by atoms with Crippen LogP contribution in [0, 0.1) is 52.3 Å². The van der Waals surface area contributed by atoms with Crippen LogP contribution in [-0.4, -0.2) is 24.6 Å². The average Bonchev–Trinajstić information content (AvgIpc) is 3.27. The van der Waals surface area contributed by atoms with Gasteiger partial charge in [0.05, 0.1) is 5.56 Å². The summed E-state index contributed by atoms with van der Waals surface area (Å²) in [6.45, 7) is 12.9. The smallest absolute Gasteiger partial charge is 0.338 e. The van der Waals surface area contributed by atoms with Crippen molar-refractivity contribution in [2.45, 2.75) is 117 Å². The third kappa shape index (κ3) is 5.43. The fourth-order valence-corrected chi connectivity index (χ4v) is 10.4. The maximum absolute atomic E-state index is 13.4. The van der Waals surface area contributed by atoms with Gasteiger partial charge in [-0.3, -0.25) is 4.79 Å². The number of ether oxygens (including phenoxy) is 2. The van der Waals surface area contributed by atoms with E-state index in [2.05, 4.69) is 34.6 Å². The zero-order valence-corrected chi connectivity index (χ0v) is 25.6. The number of carbonyl (C=O) groups is 2. The molecule has 222 valence electrons. The normalized spacial score (nSPS) is 39.5. The molecule has 0 spiro atoms. The van der Waals surface area contributed by atoms with Crippen LogP contribution in [0.15, 0.2) is 24.3 Å². The van der Waals surface area contributed by atoms with E-state index in [9.17, 15) is 9.59 Å². The van der Waals surface area contributed by atoms with Crippen LogP contribution in [-0.2, 0) is 14.3 Å². The number of nitrogens with two attached hydrogens (primary N) is 1. The third-order valence-electron chi connectivity index (χ3n) is 12.5. The van der Waals surface area contributed by atoms with Crippen molar-refractivity contribution in [1.82, 2.24) is 0 Å². The quantitative estimate of drug-likeness (QED) is 0.191. The van der Waals surface area contributed by atoms with Crippen LogP contribution in [0.3, 0.4) is 0 Å². The highest BCUT2D eigenvalue weighted by Gasteiger charge is 2.63. The molecule has 0 bridgehead atoms. The van der Waals surface area contributed by atoms with E-state index in [0.717, 1.165) is 43.4 Å². The Morgan fingerprint density at radius 3 is 2.35 bits per heavy atom. The molecule has 0 heterocycles. The molecule has 5 nitrogen and oxygen atoms in total. The van der Waals surface area contributed by atoms with E-state index in [1.807, 2.05) is 0 Å². The summed E-state index contributed by atoms with van der Waals surface area (Å²) >= 11 is 0. The summed E-state index contributed by atoms with van der Waals surface area (Å²) in [5.41, 5.74) is 7.54. The van der Waals surface area contributed by atoms with Crippen LogP contribution in [0.4, 0.5) is 5.69 Å². The summed E-state index contributed by atoms with van der Waals surface area (Å²) in [5.74, 6) is 4.23. The van der Waals surface area contributed by atoms with E-state index in [1.54, 1.807) is 24.3 Å². The van der Waals surface area contributed by atoms with E-state index in [0.29, 0.717) is 40.9 Å². The first-order valence-electron chi connectivity index (χ1n) is 16.2. The second-order valence-corrected chi connectivity index (χ2v) is 14.9. The molecule has 40 heavy (non-hydrogen) atoms. The minimum Gasteiger partial charge on any atom is -0.465 e. The minimum atomic E-state index is -0.258. The Bertz CT molecular complexity index is 1040. The van der Waals surface area contributed by atoms with Gasteiger partial charge in [-0.2, -0.15) is 0 Å². The average molecular weight is 552 g/mol. The highest BCUT2D eigenvalue weighted by Crippen LogP contribution is 2.68. The predicted molar refractivity (Wildman–Crippen MR) is 159 cm³/mol. The summed E-state index contributed by atoms with van der Waals surface area (Å²) in [5, 5.41) is 0. The Labute approximate surface area is 242 Å². The van der Waals surface area contributed by atoms with Crippen molar-refractivity contribution in [3.05, 3.63) is 29.8 Å². The number of carbonyl (C=O) groups excluding carboxylic acids is 2. The number of benzene rings is 1. The van der Waals surface area contributed by atoms with Crippen LogP contribution in [0.1, 0.15) is 116 Å². The third-order valence-corrected chi connectivity index (χ3v) is 12.5. The number of fused-ring (bicyclic) bond motifs is 5. The Hall–Kier alpha value is -2.04. The Kier molecular flexibility index (Phi) is 8.60. The lowest BCUT2D eigenvalue weighted by Gasteiger charge is -2.62. The van der Waals surface area contributed by atoms with E-state index in [-0.39, 0.29) is 29.5 Å². The fourth-order valence-electron chi connectivity index (χ4n) is 10.4. The number of hydrogen-bond donors (Lipinski definition) is 1. The van der Waals surface area contributed by atoms with Gasteiger partial charge < -0.3 is 15.2 Å². The van der Waals surface area contributed by atoms with Crippen molar-refractivity contribution < 1.29 is 19.1 Å². The molecule has 1 aromatic rings. The Morgan fingerprint density at radius 1 is 0.950 bits per heavy atom. The summed E-state index contributed by atoms with van der Waals surface area (Å²) in [7, 11) is 0. The number of rotatable bonds is 9. The minimum absolute atomic E-state index is 0.0822. The lowest BCUT2D eigenvalue weighted by molar-refractivity contribution is -0.179. The molecule has 10 unspecified atom stereocenters. The molecule has 0 aliphatic heterocycles. The van der Waals surface area contributed by atoms with Crippen LogP contribution < -0.4 is 5.73 Å². The van der Waals surface area contributed by atoms with Crippen LogP contribution in [0.5, 0.6) is 0 Å². The summed E-state index contributed by atoms with van der Waals surface area (Å²) in [4.78, 5) is 24.6. The summed E-state index contributed by atoms with van der Waals surface area (Å²) in [6, 6.07) is 7.06. The second-order valence-electron chi connectivity index (χ2n) is 14.9. The van der Waals surface area contributed by atoms with Gasteiger partial charge >= 0.3 is 5.97 Å². The van der Waals surface area contributed by atoms with Crippen LogP contribution >= 0.6 is 0 Å². The number of hydrogen-bond acceptors (Lipinski definition) is 5. The van der Waals surface area contributed by atoms with Crippen molar-refractivity contribution in [2.75, 3.05) is 5.73 Å². The first-order chi connectivity index (χ1) is 19.1. The highest BCUT2D eigenvalue weighted by molar-refractivity contribution is 5.89.